The number of benzene rings is 2. The van der Waals surface area contributed by atoms with Gasteiger partial charge in [0.2, 0.25) is 0 Å². The lowest BCUT2D eigenvalue weighted by Gasteiger charge is -2.25. The van der Waals surface area contributed by atoms with Crippen molar-refractivity contribution in [3.63, 3.8) is 0 Å². The van der Waals surface area contributed by atoms with E-state index >= 15 is 0 Å². The fourth-order valence-corrected chi connectivity index (χ4v) is 5.19. The second kappa shape index (κ2) is 12.4. The Balaban J connectivity index is 1.85. The van der Waals surface area contributed by atoms with Crippen molar-refractivity contribution in [2.24, 2.45) is 0 Å². The van der Waals surface area contributed by atoms with Crippen molar-refractivity contribution < 1.29 is 27.5 Å². The first kappa shape index (κ1) is 27.9. The van der Waals surface area contributed by atoms with Crippen molar-refractivity contribution >= 4 is 19.4 Å². The minimum atomic E-state index is -4.44. The molecule has 0 aliphatic carbocycles. The van der Waals surface area contributed by atoms with E-state index in [0.717, 1.165) is 25.3 Å². The molecule has 4 nitrogen and oxygen atoms in total. The van der Waals surface area contributed by atoms with Crippen LogP contribution in [-0.2, 0) is 22.7 Å². The Hall–Kier alpha value is -1.31. The molecule has 0 heterocycles. The zero-order chi connectivity index (χ0) is 24.5. The minimum Gasteiger partial charge on any atom is -0.324 e. The van der Waals surface area contributed by atoms with Gasteiger partial charge in [0.25, 0.3) is 0 Å². The van der Waals surface area contributed by atoms with Gasteiger partial charge in [-0.2, -0.15) is 13.2 Å². The van der Waals surface area contributed by atoms with Crippen LogP contribution in [0.1, 0.15) is 56.2 Å². The molecule has 0 saturated heterocycles. The lowest BCUT2D eigenvalue weighted by atomic mass is 9.80. The first-order chi connectivity index (χ1) is 15.4. The molecule has 0 atom stereocenters. The third-order valence-electron chi connectivity index (χ3n) is 5.49. The molecule has 2 aromatic rings. The van der Waals surface area contributed by atoms with E-state index in [1.54, 1.807) is 6.07 Å². The summed E-state index contributed by atoms with van der Waals surface area (Å²) < 4.78 is 51.6. The van der Waals surface area contributed by atoms with Crippen LogP contribution in [0.25, 0.3) is 0 Å². The van der Waals surface area contributed by atoms with Gasteiger partial charge in [0.1, 0.15) is 0 Å². The third kappa shape index (κ3) is 10.2. The standard InChI is InChI=1S/C24H33F3NO3PS/c1-23(2,20-9-4-3-5-10-20)13-6-7-16-33-22-12-11-19(17-21(22)24(25,26)27)18-28-14-8-15-32(29,30)31/h3-5,9-12,17,28H,6-8,13-16,18H2,1-2H3,(H2,29,30,31). The van der Waals surface area contributed by atoms with Crippen molar-refractivity contribution in [3.05, 3.63) is 65.2 Å². The fraction of sp³-hybridized carbons (Fsp3) is 0.500. The topological polar surface area (TPSA) is 69.6 Å². The van der Waals surface area contributed by atoms with E-state index in [2.05, 4.69) is 31.3 Å². The molecular formula is C24H33F3NO3PS. The van der Waals surface area contributed by atoms with E-state index in [0.29, 0.717) is 17.9 Å². The van der Waals surface area contributed by atoms with Gasteiger partial charge < -0.3 is 15.1 Å². The van der Waals surface area contributed by atoms with Crippen LogP contribution < -0.4 is 5.32 Å². The largest absolute Gasteiger partial charge is 0.417 e. The van der Waals surface area contributed by atoms with Crippen molar-refractivity contribution in [3.8, 4) is 0 Å². The van der Waals surface area contributed by atoms with Gasteiger partial charge in [0, 0.05) is 11.4 Å². The summed E-state index contributed by atoms with van der Waals surface area (Å²) in [5.41, 5.74) is 1.16. The summed E-state index contributed by atoms with van der Waals surface area (Å²) in [4.78, 5) is 17.9. The fourth-order valence-electron chi connectivity index (χ4n) is 3.56. The quantitative estimate of drug-likeness (QED) is 0.163. The number of hydrogen-bond acceptors (Lipinski definition) is 3. The predicted molar refractivity (Wildman–Crippen MR) is 129 cm³/mol. The highest BCUT2D eigenvalue weighted by atomic mass is 32.2. The van der Waals surface area contributed by atoms with Crippen LogP contribution in [0.2, 0.25) is 0 Å². The lowest BCUT2D eigenvalue weighted by Crippen LogP contribution is -2.17. The smallest absolute Gasteiger partial charge is 0.324 e. The summed E-state index contributed by atoms with van der Waals surface area (Å²) in [6.45, 7) is 4.92. The first-order valence-electron chi connectivity index (χ1n) is 11.0. The zero-order valence-corrected chi connectivity index (χ0v) is 20.8. The van der Waals surface area contributed by atoms with Crippen LogP contribution in [0.3, 0.4) is 0 Å². The number of thioether (sulfide) groups is 1. The Labute approximate surface area is 198 Å². The van der Waals surface area contributed by atoms with E-state index in [1.807, 2.05) is 18.2 Å². The summed E-state index contributed by atoms with van der Waals surface area (Å²) in [6.07, 6.45) is -1.68. The van der Waals surface area contributed by atoms with Gasteiger partial charge >= 0.3 is 13.8 Å². The number of halogens is 3. The normalized spacial score (nSPS) is 12.8. The highest BCUT2D eigenvalue weighted by Gasteiger charge is 2.33. The molecule has 2 rings (SSSR count). The Morgan fingerprint density at radius 1 is 1.00 bits per heavy atom. The van der Waals surface area contributed by atoms with E-state index in [4.69, 9.17) is 9.79 Å². The highest BCUT2D eigenvalue weighted by molar-refractivity contribution is 7.99. The second-order valence-corrected chi connectivity index (χ2v) is 11.7. The van der Waals surface area contributed by atoms with Crippen molar-refractivity contribution in [1.29, 1.82) is 0 Å². The van der Waals surface area contributed by atoms with Crippen LogP contribution in [0.5, 0.6) is 0 Å². The SMILES string of the molecule is CC(C)(CCCCSc1ccc(CNCCCP(=O)(O)O)cc1C(F)(F)F)c1ccccc1. The van der Waals surface area contributed by atoms with Gasteiger partial charge in [-0.15, -0.1) is 11.8 Å². The molecule has 0 radical (unpaired) electrons. The molecule has 9 heteroatoms. The van der Waals surface area contributed by atoms with Crippen LogP contribution in [0.15, 0.2) is 53.4 Å². The van der Waals surface area contributed by atoms with Crippen LogP contribution >= 0.6 is 19.4 Å². The van der Waals surface area contributed by atoms with Crippen molar-refractivity contribution in [1.82, 2.24) is 5.32 Å². The molecule has 184 valence electrons. The Morgan fingerprint density at radius 3 is 2.33 bits per heavy atom. The van der Waals surface area contributed by atoms with Gasteiger partial charge in [0.15, 0.2) is 0 Å². The lowest BCUT2D eigenvalue weighted by molar-refractivity contribution is -0.139. The number of hydrogen-bond donors (Lipinski definition) is 3. The molecule has 0 bridgehead atoms. The molecule has 0 spiro atoms. The summed E-state index contributed by atoms with van der Waals surface area (Å²) in [7, 11) is -4.05. The van der Waals surface area contributed by atoms with Crippen LogP contribution in [0, 0.1) is 0 Å². The number of alkyl halides is 3. The van der Waals surface area contributed by atoms with Crippen LogP contribution in [-0.4, -0.2) is 28.2 Å². The molecule has 0 aliphatic rings. The molecule has 33 heavy (non-hydrogen) atoms. The number of rotatable bonds is 13. The molecule has 0 aromatic heterocycles. The summed E-state index contributed by atoms with van der Waals surface area (Å²) in [5.74, 6) is 0.619. The van der Waals surface area contributed by atoms with E-state index in [-0.39, 0.29) is 29.4 Å². The van der Waals surface area contributed by atoms with Crippen molar-refractivity contribution in [2.45, 2.75) is 62.6 Å². The monoisotopic (exact) mass is 503 g/mol. The summed E-state index contributed by atoms with van der Waals surface area (Å²) >= 11 is 1.24. The maximum Gasteiger partial charge on any atom is 0.417 e. The third-order valence-corrected chi connectivity index (χ3v) is 7.55. The molecular weight excluding hydrogens is 470 g/mol. The van der Waals surface area contributed by atoms with E-state index in [9.17, 15) is 17.7 Å². The first-order valence-corrected chi connectivity index (χ1v) is 13.8. The molecule has 0 amide bonds. The summed E-state index contributed by atoms with van der Waals surface area (Å²) in [5, 5.41) is 2.94. The van der Waals surface area contributed by atoms with Gasteiger partial charge in [-0.1, -0.05) is 56.7 Å². The Bertz CT molecular complexity index is 917. The number of nitrogens with one attached hydrogen (secondary N) is 1. The number of unbranched alkanes of at least 4 members (excludes halogenated alkanes) is 1. The Morgan fingerprint density at radius 2 is 1.70 bits per heavy atom. The molecule has 2 aromatic carbocycles. The van der Waals surface area contributed by atoms with Gasteiger partial charge in [-0.05, 0) is 60.2 Å². The van der Waals surface area contributed by atoms with Gasteiger partial charge in [-0.3, -0.25) is 4.57 Å². The molecule has 0 unspecified atom stereocenters. The summed E-state index contributed by atoms with van der Waals surface area (Å²) in [6, 6.07) is 14.6. The maximum absolute atomic E-state index is 13.6. The van der Waals surface area contributed by atoms with Crippen LogP contribution in [0.4, 0.5) is 13.2 Å². The maximum atomic E-state index is 13.6. The average Bonchev–Trinajstić information content (AvgIpc) is 2.73. The van der Waals surface area contributed by atoms with E-state index in [1.165, 1.54) is 23.4 Å². The average molecular weight is 504 g/mol. The molecule has 0 saturated carbocycles. The van der Waals surface area contributed by atoms with E-state index < -0.39 is 19.3 Å². The highest BCUT2D eigenvalue weighted by Crippen LogP contribution is 2.38. The Kier molecular flexibility index (Phi) is 10.5. The molecule has 0 fully saturated rings. The minimum absolute atomic E-state index is 0.0307. The second-order valence-electron chi connectivity index (χ2n) is 8.80. The zero-order valence-electron chi connectivity index (χ0n) is 19.1. The molecule has 0 aliphatic heterocycles. The predicted octanol–water partition coefficient (Wildman–Crippen LogP) is 6.60. The molecule has 3 N–H and O–H groups in total. The van der Waals surface area contributed by atoms with Crippen molar-refractivity contribution in [2.75, 3.05) is 18.5 Å². The van der Waals surface area contributed by atoms with Gasteiger partial charge in [-0.25, -0.2) is 0 Å². The van der Waals surface area contributed by atoms with Gasteiger partial charge in [0.05, 0.1) is 11.7 Å².